The quantitative estimate of drug-likeness (QED) is 0.743. The Morgan fingerprint density at radius 1 is 1.23 bits per heavy atom. The van der Waals surface area contributed by atoms with Gasteiger partial charge in [-0.15, -0.1) is 11.3 Å². The van der Waals surface area contributed by atoms with E-state index in [0.29, 0.717) is 26.2 Å². The lowest BCUT2D eigenvalue weighted by molar-refractivity contribution is -0.136. The molecule has 1 saturated heterocycles. The van der Waals surface area contributed by atoms with Gasteiger partial charge in [0, 0.05) is 44.5 Å². The maximum absolute atomic E-state index is 13.7. The molecule has 0 atom stereocenters. The number of rotatable bonds is 5. The van der Waals surface area contributed by atoms with E-state index in [0.717, 1.165) is 17.4 Å². The standard InChI is InChI=1S/C19H24F3N5O2S/c1-11(2)23-16(29)9-26-4-6-27(7-5-26)15-8-13(19(20,21)22)18-17(25-15)14(10-30-18)24-12(3)28/h8,10-11H,4-7,9H2,1-3H3,(H,23,29)(H,24,28). The number of aromatic nitrogens is 1. The molecule has 1 aliphatic rings. The molecule has 30 heavy (non-hydrogen) atoms. The summed E-state index contributed by atoms with van der Waals surface area (Å²) >= 11 is 0.908. The third kappa shape index (κ3) is 5.20. The summed E-state index contributed by atoms with van der Waals surface area (Å²) in [6.45, 7) is 7.29. The van der Waals surface area contributed by atoms with E-state index in [9.17, 15) is 22.8 Å². The van der Waals surface area contributed by atoms with Crippen molar-refractivity contribution in [3.8, 4) is 0 Å². The number of nitrogens with zero attached hydrogens (tertiary/aromatic N) is 3. The molecule has 2 aromatic rings. The number of fused-ring (bicyclic) bond motifs is 1. The van der Waals surface area contributed by atoms with E-state index in [1.54, 1.807) is 4.90 Å². The number of hydrogen-bond acceptors (Lipinski definition) is 6. The number of pyridine rings is 1. The average Bonchev–Trinajstić information content (AvgIpc) is 3.02. The first-order chi connectivity index (χ1) is 14.0. The highest BCUT2D eigenvalue weighted by Crippen LogP contribution is 2.41. The van der Waals surface area contributed by atoms with E-state index in [1.165, 1.54) is 12.3 Å². The molecule has 0 radical (unpaired) electrons. The van der Waals surface area contributed by atoms with Crippen LogP contribution in [0.15, 0.2) is 11.4 Å². The fourth-order valence-corrected chi connectivity index (χ4v) is 4.33. The van der Waals surface area contributed by atoms with Gasteiger partial charge >= 0.3 is 6.18 Å². The number of amides is 2. The lowest BCUT2D eigenvalue weighted by atomic mass is 10.2. The van der Waals surface area contributed by atoms with Crippen molar-refractivity contribution in [1.29, 1.82) is 0 Å². The van der Waals surface area contributed by atoms with Crippen molar-refractivity contribution in [1.82, 2.24) is 15.2 Å². The van der Waals surface area contributed by atoms with Crippen molar-refractivity contribution in [3.05, 3.63) is 17.0 Å². The van der Waals surface area contributed by atoms with Crippen LogP contribution in [0.2, 0.25) is 0 Å². The number of alkyl halides is 3. The molecule has 0 spiro atoms. The molecule has 7 nitrogen and oxygen atoms in total. The Kier molecular flexibility index (Phi) is 6.51. The van der Waals surface area contributed by atoms with Crippen LogP contribution in [0.25, 0.3) is 10.2 Å². The van der Waals surface area contributed by atoms with Crippen LogP contribution < -0.4 is 15.5 Å². The van der Waals surface area contributed by atoms with Crippen LogP contribution in [0.1, 0.15) is 26.3 Å². The van der Waals surface area contributed by atoms with Crippen molar-refractivity contribution < 1.29 is 22.8 Å². The smallest absolute Gasteiger partial charge is 0.354 e. The van der Waals surface area contributed by atoms with Gasteiger partial charge in [0.25, 0.3) is 0 Å². The Labute approximate surface area is 176 Å². The molecule has 1 fully saturated rings. The number of halogens is 3. The van der Waals surface area contributed by atoms with Gasteiger partial charge in [0.1, 0.15) is 11.3 Å². The Balaban J connectivity index is 1.82. The number of carbonyl (C=O) groups is 2. The highest BCUT2D eigenvalue weighted by molar-refractivity contribution is 7.18. The van der Waals surface area contributed by atoms with E-state index in [2.05, 4.69) is 15.6 Å². The first-order valence-electron chi connectivity index (χ1n) is 9.58. The van der Waals surface area contributed by atoms with Gasteiger partial charge in [-0.05, 0) is 19.9 Å². The first-order valence-corrected chi connectivity index (χ1v) is 10.5. The Hall–Kier alpha value is -2.40. The van der Waals surface area contributed by atoms with E-state index in [4.69, 9.17) is 0 Å². The molecule has 2 aromatic heterocycles. The van der Waals surface area contributed by atoms with Gasteiger partial charge in [-0.3, -0.25) is 14.5 Å². The summed E-state index contributed by atoms with van der Waals surface area (Å²) in [5.41, 5.74) is -0.347. The van der Waals surface area contributed by atoms with Crippen molar-refractivity contribution in [2.24, 2.45) is 0 Å². The number of thiophene rings is 1. The average molecular weight is 443 g/mol. The summed E-state index contributed by atoms with van der Waals surface area (Å²) in [5.74, 6) is -0.231. The number of piperazine rings is 1. The fraction of sp³-hybridized carbons (Fsp3) is 0.526. The minimum Gasteiger partial charge on any atom is -0.354 e. The summed E-state index contributed by atoms with van der Waals surface area (Å²) < 4.78 is 41.0. The Morgan fingerprint density at radius 2 is 1.90 bits per heavy atom. The molecule has 0 aromatic carbocycles. The van der Waals surface area contributed by atoms with Crippen LogP contribution in [-0.2, 0) is 15.8 Å². The van der Waals surface area contributed by atoms with E-state index in [1.807, 2.05) is 18.7 Å². The molecule has 3 heterocycles. The van der Waals surface area contributed by atoms with Crippen molar-refractivity contribution >= 4 is 44.9 Å². The molecule has 0 aliphatic carbocycles. The van der Waals surface area contributed by atoms with Gasteiger partial charge in [-0.1, -0.05) is 0 Å². The molecule has 164 valence electrons. The summed E-state index contributed by atoms with van der Waals surface area (Å²) in [6, 6.07) is 1.12. The lowest BCUT2D eigenvalue weighted by Gasteiger charge is -2.35. The molecule has 1 aliphatic heterocycles. The second kappa shape index (κ2) is 8.76. The third-order valence-corrected chi connectivity index (χ3v) is 5.64. The first kappa shape index (κ1) is 22.3. The van der Waals surface area contributed by atoms with Gasteiger partial charge < -0.3 is 15.5 Å². The maximum Gasteiger partial charge on any atom is 0.417 e. The molecule has 3 rings (SSSR count). The summed E-state index contributed by atoms with van der Waals surface area (Å²) in [5, 5.41) is 6.86. The van der Waals surface area contributed by atoms with Crippen LogP contribution in [-0.4, -0.2) is 60.5 Å². The summed E-state index contributed by atoms with van der Waals surface area (Å²) in [7, 11) is 0. The van der Waals surface area contributed by atoms with Crippen LogP contribution in [0.3, 0.4) is 0 Å². The zero-order chi connectivity index (χ0) is 22.1. The molecule has 0 bridgehead atoms. The monoisotopic (exact) mass is 443 g/mol. The van der Waals surface area contributed by atoms with Crippen molar-refractivity contribution in [2.45, 2.75) is 33.0 Å². The minimum atomic E-state index is -4.54. The van der Waals surface area contributed by atoms with Gasteiger partial charge in [0.05, 0.1) is 22.5 Å². The van der Waals surface area contributed by atoms with Crippen LogP contribution in [0.5, 0.6) is 0 Å². The molecule has 0 saturated carbocycles. The third-order valence-electron chi connectivity index (χ3n) is 4.64. The predicted octanol–water partition coefficient (Wildman–Crippen LogP) is 2.92. The highest BCUT2D eigenvalue weighted by atomic mass is 32.1. The molecule has 11 heteroatoms. The van der Waals surface area contributed by atoms with Gasteiger partial charge in [0.15, 0.2) is 0 Å². The number of anilines is 2. The maximum atomic E-state index is 13.7. The largest absolute Gasteiger partial charge is 0.417 e. The molecule has 2 amide bonds. The van der Waals surface area contributed by atoms with E-state index < -0.39 is 11.7 Å². The second-order valence-corrected chi connectivity index (χ2v) is 8.40. The SMILES string of the molecule is CC(=O)Nc1csc2c(C(F)(F)F)cc(N3CCN(CC(=O)NC(C)C)CC3)nc12. The molecular weight excluding hydrogens is 419 g/mol. The number of nitrogens with one attached hydrogen (secondary N) is 2. The van der Waals surface area contributed by atoms with Crippen LogP contribution in [0, 0.1) is 0 Å². The van der Waals surface area contributed by atoms with E-state index in [-0.39, 0.29) is 46.1 Å². The summed E-state index contributed by atoms with van der Waals surface area (Å²) in [4.78, 5) is 31.5. The summed E-state index contributed by atoms with van der Waals surface area (Å²) in [6.07, 6.45) is -4.54. The fourth-order valence-electron chi connectivity index (χ4n) is 3.35. The topological polar surface area (TPSA) is 77.6 Å². The van der Waals surface area contributed by atoms with Crippen LogP contribution >= 0.6 is 11.3 Å². The zero-order valence-corrected chi connectivity index (χ0v) is 17.8. The van der Waals surface area contributed by atoms with Crippen molar-refractivity contribution in [3.63, 3.8) is 0 Å². The van der Waals surface area contributed by atoms with E-state index >= 15 is 0 Å². The molecule has 0 unspecified atom stereocenters. The Morgan fingerprint density at radius 3 is 2.47 bits per heavy atom. The Bertz CT molecular complexity index is 936. The molecule has 2 N–H and O–H groups in total. The zero-order valence-electron chi connectivity index (χ0n) is 17.0. The second-order valence-electron chi connectivity index (χ2n) is 7.52. The normalized spacial score (nSPS) is 15.6. The highest BCUT2D eigenvalue weighted by Gasteiger charge is 2.35. The molecular formula is C19H24F3N5O2S. The van der Waals surface area contributed by atoms with Gasteiger partial charge in [-0.25, -0.2) is 4.98 Å². The van der Waals surface area contributed by atoms with Crippen molar-refractivity contribution in [2.75, 3.05) is 42.9 Å². The number of hydrogen-bond donors (Lipinski definition) is 2. The van der Waals surface area contributed by atoms with Gasteiger partial charge in [-0.2, -0.15) is 13.2 Å². The minimum absolute atomic E-state index is 0.000933. The lowest BCUT2D eigenvalue weighted by Crippen LogP contribution is -2.50. The number of carbonyl (C=O) groups excluding carboxylic acids is 2. The predicted molar refractivity (Wildman–Crippen MR) is 111 cm³/mol. The van der Waals surface area contributed by atoms with Gasteiger partial charge in [0.2, 0.25) is 11.8 Å². The van der Waals surface area contributed by atoms with Crippen LogP contribution in [0.4, 0.5) is 24.7 Å².